The van der Waals surface area contributed by atoms with E-state index in [0.717, 1.165) is 25.3 Å². The number of nitrogens with one attached hydrogen (secondary N) is 1. The van der Waals surface area contributed by atoms with Crippen molar-refractivity contribution in [2.75, 3.05) is 24.5 Å². The average Bonchev–Trinajstić information content (AvgIpc) is 2.46. The lowest BCUT2D eigenvalue weighted by atomic mass is 10.1. The summed E-state index contributed by atoms with van der Waals surface area (Å²) in [6.45, 7) is 9.72. The molecule has 0 fully saturated rings. The third-order valence-electron chi connectivity index (χ3n) is 3.63. The van der Waals surface area contributed by atoms with E-state index in [1.165, 1.54) is 37.8 Å². The molecule has 0 heterocycles. The molecule has 0 radical (unpaired) electrons. The van der Waals surface area contributed by atoms with Crippen LogP contribution in [-0.2, 0) is 0 Å². The van der Waals surface area contributed by atoms with E-state index < -0.39 is 0 Å². The lowest BCUT2D eigenvalue weighted by Crippen LogP contribution is -2.27. The zero-order valence-corrected chi connectivity index (χ0v) is 13.2. The normalized spacial score (nSPS) is 12.4. The van der Waals surface area contributed by atoms with E-state index >= 15 is 0 Å². The highest BCUT2D eigenvalue weighted by atomic mass is 19.1. The molecule has 1 N–H and O–H groups in total. The van der Waals surface area contributed by atoms with Gasteiger partial charge in [0.05, 0.1) is 0 Å². The minimum Gasteiger partial charge on any atom is -0.372 e. The summed E-state index contributed by atoms with van der Waals surface area (Å²) in [6.07, 6.45) is 4.83. The largest absolute Gasteiger partial charge is 0.372 e. The number of hydrogen-bond acceptors (Lipinski definition) is 2. The van der Waals surface area contributed by atoms with Crippen LogP contribution < -0.4 is 10.2 Å². The van der Waals surface area contributed by atoms with Gasteiger partial charge in [0.2, 0.25) is 0 Å². The summed E-state index contributed by atoms with van der Waals surface area (Å²) in [5.74, 6) is -0.166. The topological polar surface area (TPSA) is 15.3 Å². The number of halogens is 1. The molecule has 0 amide bonds. The molecule has 3 heteroatoms. The second-order valence-corrected chi connectivity index (χ2v) is 5.41. The van der Waals surface area contributed by atoms with E-state index in [4.69, 9.17) is 0 Å². The second-order valence-electron chi connectivity index (χ2n) is 5.41. The highest BCUT2D eigenvalue weighted by Gasteiger charge is 2.05. The molecule has 1 aromatic carbocycles. The Morgan fingerprint density at radius 2 is 1.85 bits per heavy atom. The predicted octanol–water partition coefficient (Wildman–Crippen LogP) is 4.21. The summed E-state index contributed by atoms with van der Waals surface area (Å²) in [6, 6.07) is 7.41. The fourth-order valence-electron chi connectivity index (χ4n) is 2.37. The standard InChI is InChI=1S/C17H29FN2/c1-4-13-19-15(3)8-6-7-14-20(5-2)17-11-9-16(18)10-12-17/h9-12,15,19H,4-8,13-14H2,1-3H3. The second kappa shape index (κ2) is 9.76. The quantitative estimate of drug-likeness (QED) is 0.646. The predicted molar refractivity (Wildman–Crippen MR) is 85.9 cm³/mol. The minimum atomic E-state index is -0.166. The first kappa shape index (κ1) is 17.0. The summed E-state index contributed by atoms with van der Waals surface area (Å²) in [4.78, 5) is 2.31. The molecule has 1 aromatic rings. The first-order chi connectivity index (χ1) is 9.67. The summed E-state index contributed by atoms with van der Waals surface area (Å²) in [5, 5.41) is 3.52. The molecular weight excluding hydrogens is 251 g/mol. The first-order valence-electron chi connectivity index (χ1n) is 7.91. The van der Waals surface area contributed by atoms with Gasteiger partial charge in [0.15, 0.2) is 0 Å². The summed E-state index contributed by atoms with van der Waals surface area (Å²) >= 11 is 0. The van der Waals surface area contributed by atoms with Crippen molar-refractivity contribution in [3.63, 3.8) is 0 Å². The van der Waals surface area contributed by atoms with Crippen LogP contribution in [0, 0.1) is 5.82 Å². The molecule has 0 aliphatic heterocycles. The number of nitrogens with zero attached hydrogens (tertiary/aromatic N) is 1. The Kier molecular flexibility index (Phi) is 8.28. The van der Waals surface area contributed by atoms with Gasteiger partial charge in [-0.05, 0) is 63.9 Å². The van der Waals surface area contributed by atoms with Gasteiger partial charge in [-0.25, -0.2) is 4.39 Å². The van der Waals surface area contributed by atoms with Crippen LogP contribution in [0.5, 0.6) is 0 Å². The fraction of sp³-hybridized carbons (Fsp3) is 0.647. The van der Waals surface area contributed by atoms with E-state index in [0.29, 0.717) is 6.04 Å². The lowest BCUT2D eigenvalue weighted by Gasteiger charge is -2.23. The molecule has 0 aliphatic carbocycles. The third-order valence-corrected chi connectivity index (χ3v) is 3.63. The molecule has 0 aliphatic rings. The van der Waals surface area contributed by atoms with Crippen LogP contribution in [0.1, 0.15) is 46.5 Å². The molecule has 0 aromatic heterocycles. The molecule has 0 bridgehead atoms. The van der Waals surface area contributed by atoms with Crippen LogP contribution in [0.15, 0.2) is 24.3 Å². The maximum atomic E-state index is 12.9. The van der Waals surface area contributed by atoms with E-state index in [-0.39, 0.29) is 5.82 Å². The number of rotatable bonds is 10. The van der Waals surface area contributed by atoms with Gasteiger partial charge in [-0.3, -0.25) is 0 Å². The number of hydrogen-bond donors (Lipinski definition) is 1. The van der Waals surface area contributed by atoms with Gasteiger partial charge in [-0.2, -0.15) is 0 Å². The number of unbranched alkanes of at least 4 members (excludes halogenated alkanes) is 1. The smallest absolute Gasteiger partial charge is 0.123 e. The Bertz CT molecular complexity index is 351. The van der Waals surface area contributed by atoms with E-state index in [9.17, 15) is 4.39 Å². The van der Waals surface area contributed by atoms with Crippen molar-refractivity contribution >= 4 is 5.69 Å². The molecule has 0 saturated heterocycles. The van der Waals surface area contributed by atoms with Crippen LogP contribution in [0.3, 0.4) is 0 Å². The highest BCUT2D eigenvalue weighted by Crippen LogP contribution is 2.15. The Hall–Kier alpha value is -1.09. The van der Waals surface area contributed by atoms with Crippen LogP contribution in [0.2, 0.25) is 0 Å². The van der Waals surface area contributed by atoms with Crippen molar-refractivity contribution in [2.24, 2.45) is 0 Å². The van der Waals surface area contributed by atoms with Crippen molar-refractivity contribution < 1.29 is 4.39 Å². The van der Waals surface area contributed by atoms with E-state index in [1.54, 1.807) is 0 Å². The van der Waals surface area contributed by atoms with Crippen LogP contribution in [0.4, 0.5) is 10.1 Å². The zero-order valence-electron chi connectivity index (χ0n) is 13.2. The van der Waals surface area contributed by atoms with Gasteiger partial charge in [0.1, 0.15) is 5.82 Å². The minimum absolute atomic E-state index is 0.166. The summed E-state index contributed by atoms with van der Waals surface area (Å²) < 4.78 is 12.9. The van der Waals surface area contributed by atoms with Crippen molar-refractivity contribution in [3.05, 3.63) is 30.1 Å². The van der Waals surface area contributed by atoms with Crippen LogP contribution in [-0.4, -0.2) is 25.7 Å². The molecule has 1 rings (SSSR count). The Morgan fingerprint density at radius 3 is 2.45 bits per heavy atom. The molecule has 114 valence electrons. The number of anilines is 1. The molecule has 20 heavy (non-hydrogen) atoms. The molecular formula is C17H29FN2. The third kappa shape index (κ3) is 6.38. The van der Waals surface area contributed by atoms with E-state index in [1.807, 2.05) is 12.1 Å². The van der Waals surface area contributed by atoms with E-state index in [2.05, 4.69) is 31.0 Å². The number of benzene rings is 1. The van der Waals surface area contributed by atoms with Crippen molar-refractivity contribution in [1.29, 1.82) is 0 Å². The first-order valence-corrected chi connectivity index (χ1v) is 7.91. The molecule has 2 nitrogen and oxygen atoms in total. The fourth-order valence-corrected chi connectivity index (χ4v) is 2.37. The maximum Gasteiger partial charge on any atom is 0.123 e. The molecule has 1 atom stereocenters. The molecule has 0 spiro atoms. The molecule has 1 unspecified atom stereocenters. The van der Waals surface area contributed by atoms with Crippen molar-refractivity contribution in [1.82, 2.24) is 5.32 Å². The van der Waals surface area contributed by atoms with Gasteiger partial charge in [-0.15, -0.1) is 0 Å². The van der Waals surface area contributed by atoms with Crippen molar-refractivity contribution in [3.8, 4) is 0 Å². The Balaban J connectivity index is 2.26. The highest BCUT2D eigenvalue weighted by molar-refractivity contribution is 5.45. The van der Waals surface area contributed by atoms with Gasteiger partial charge < -0.3 is 10.2 Å². The van der Waals surface area contributed by atoms with Gasteiger partial charge in [0, 0.05) is 24.8 Å². The van der Waals surface area contributed by atoms with Crippen LogP contribution in [0.25, 0.3) is 0 Å². The van der Waals surface area contributed by atoms with Gasteiger partial charge in [-0.1, -0.05) is 13.3 Å². The zero-order chi connectivity index (χ0) is 14.8. The van der Waals surface area contributed by atoms with Crippen molar-refractivity contribution in [2.45, 2.75) is 52.5 Å². The molecule has 0 saturated carbocycles. The monoisotopic (exact) mass is 280 g/mol. The maximum absolute atomic E-state index is 12.9. The Morgan fingerprint density at radius 1 is 1.15 bits per heavy atom. The van der Waals surface area contributed by atoms with Gasteiger partial charge >= 0.3 is 0 Å². The lowest BCUT2D eigenvalue weighted by molar-refractivity contribution is 0.489. The van der Waals surface area contributed by atoms with Crippen LogP contribution >= 0.6 is 0 Å². The average molecular weight is 280 g/mol. The SMILES string of the molecule is CCCNC(C)CCCCN(CC)c1ccc(F)cc1. The van der Waals surface area contributed by atoms with Gasteiger partial charge in [0.25, 0.3) is 0 Å². The summed E-state index contributed by atoms with van der Waals surface area (Å²) in [7, 11) is 0. The summed E-state index contributed by atoms with van der Waals surface area (Å²) in [5.41, 5.74) is 1.12. The Labute approximate surface area is 123 Å².